The standard InChI is InChI=1S/C19H23N3O2/c1-12-11-20-18(22-9-7-13(8-10-22)19(23)24)15-3-2-4-16(17(12)15)21-14-5-6-14/h2-4,11,13-14,21H,5-10H2,1H3,(H,23,24). The molecule has 1 aliphatic carbocycles. The second-order valence-corrected chi connectivity index (χ2v) is 7.01. The van der Waals surface area contributed by atoms with Crippen molar-refractivity contribution in [2.24, 2.45) is 5.92 Å². The summed E-state index contributed by atoms with van der Waals surface area (Å²) in [6, 6.07) is 6.97. The Hall–Kier alpha value is -2.30. The largest absolute Gasteiger partial charge is 0.481 e. The number of rotatable bonds is 4. The number of aryl methyl sites for hydroxylation is 1. The van der Waals surface area contributed by atoms with Gasteiger partial charge in [0.2, 0.25) is 0 Å². The van der Waals surface area contributed by atoms with Crippen LogP contribution in [-0.4, -0.2) is 35.2 Å². The van der Waals surface area contributed by atoms with Crippen LogP contribution < -0.4 is 10.2 Å². The molecule has 1 aromatic carbocycles. The first-order chi connectivity index (χ1) is 11.6. The van der Waals surface area contributed by atoms with E-state index in [4.69, 9.17) is 0 Å². The summed E-state index contributed by atoms with van der Waals surface area (Å²) in [6.07, 6.45) is 5.81. The maximum atomic E-state index is 11.2. The molecular weight excluding hydrogens is 302 g/mol. The van der Waals surface area contributed by atoms with Crippen LogP contribution in [0.15, 0.2) is 24.4 Å². The number of aromatic nitrogens is 1. The van der Waals surface area contributed by atoms with Gasteiger partial charge >= 0.3 is 5.97 Å². The van der Waals surface area contributed by atoms with Crippen LogP contribution in [0.2, 0.25) is 0 Å². The van der Waals surface area contributed by atoms with Crippen molar-refractivity contribution in [3.05, 3.63) is 30.0 Å². The molecular formula is C19H23N3O2. The predicted octanol–water partition coefficient (Wildman–Crippen LogP) is 3.42. The fraction of sp³-hybridized carbons (Fsp3) is 0.474. The molecule has 24 heavy (non-hydrogen) atoms. The normalized spacial score (nSPS) is 18.8. The summed E-state index contributed by atoms with van der Waals surface area (Å²) < 4.78 is 0. The number of carbonyl (C=O) groups is 1. The highest BCUT2D eigenvalue weighted by Gasteiger charge is 2.27. The SMILES string of the molecule is Cc1cnc(N2CCC(C(=O)O)CC2)c2cccc(NC3CC3)c12. The van der Waals surface area contributed by atoms with Crippen LogP contribution in [0.1, 0.15) is 31.2 Å². The number of hydrogen-bond acceptors (Lipinski definition) is 4. The summed E-state index contributed by atoms with van der Waals surface area (Å²) in [4.78, 5) is 18.1. The third-order valence-corrected chi connectivity index (χ3v) is 5.16. The van der Waals surface area contributed by atoms with Gasteiger partial charge < -0.3 is 15.3 Å². The maximum absolute atomic E-state index is 11.2. The lowest BCUT2D eigenvalue weighted by Crippen LogP contribution is -2.36. The van der Waals surface area contributed by atoms with E-state index < -0.39 is 5.97 Å². The van der Waals surface area contributed by atoms with Crippen LogP contribution in [-0.2, 0) is 4.79 Å². The minimum absolute atomic E-state index is 0.218. The van der Waals surface area contributed by atoms with Crippen molar-refractivity contribution in [2.45, 2.75) is 38.6 Å². The molecule has 126 valence electrons. The molecule has 2 fully saturated rings. The number of carboxylic acid groups (broad SMARTS) is 1. The minimum atomic E-state index is -0.674. The number of piperidine rings is 1. The van der Waals surface area contributed by atoms with E-state index in [1.165, 1.54) is 29.5 Å². The van der Waals surface area contributed by atoms with E-state index >= 15 is 0 Å². The molecule has 5 nitrogen and oxygen atoms in total. The average Bonchev–Trinajstić information content (AvgIpc) is 3.39. The second kappa shape index (κ2) is 5.96. The number of aliphatic carboxylic acids is 1. The molecule has 0 bridgehead atoms. The maximum Gasteiger partial charge on any atom is 0.306 e. The highest BCUT2D eigenvalue weighted by Crippen LogP contribution is 2.36. The van der Waals surface area contributed by atoms with Gasteiger partial charge in [-0.1, -0.05) is 12.1 Å². The van der Waals surface area contributed by atoms with Crippen molar-refractivity contribution in [2.75, 3.05) is 23.3 Å². The summed E-state index contributed by atoms with van der Waals surface area (Å²) in [5.41, 5.74) is 2.37. The van der Waals surface area contributed by atoms with Gasteiger partial charge in [0, 0.05) is 41.8 Å². The topological polar surface area (TPSA) is 65.5 Å². The molecule has 0 atom stereocenters. The lowest BCUT2D eigenvalue weighted by atomic mass is 9.96. The molecule has 2 aliphatic rings. The van der Waals surface area contributed by atoms with Gasteiger partial charge in [-0.2, -0.15) is 0 Å². The zero-order valence-electron chi connectivity index (χ0n) is 14.0. The first kappa shape index (κ1) is 15.2. The summed E-state index contributed by atoms with van der Waals surface area (Å²) >= 11 is 0. The van der Waals surface area contributed by atoms with E-state index in [1.54, 1.807) is 0 Å². The molecule has 5 heteroatoms. The van der Waals surface area contributed by atoms with Gasteiger partial charge in [0.15, 0.2) is 0 Å². The van der Waals surface area contributed by atoms with E-state index in [-0.39, 0.29) is 5.92 Å². The number of carboxylic acids is 1. The Balaban J connectivity index is 1.69. The van der Waals surface area contributed by atoms with Crippen molar-refractivity contribution in [1.29, 1.82) is 0 Å². The molecule has 0 spiro atoms. The van der Waals surface area contributed by atoms with E-state index in [9.17, 15) is 9.90 Å². The molecule has 1 saturated heterocycles. The predicted molar refractivity (Wildman–Crippen MR) is 95.7 cm³/mol. The second-order valence-electron chi connectivity index (χ2n) is 7.01. The quantitative estimate of drug-likeness (QED) is 0.902. The van der Waals surface area contributed by atoms with Gasteiger partial charge in [-0.15, -0.1) is 0 Å². The number of hydrogen-bond donors (Lipinski definition) is 2. The monoisotopic (exact) mass is 325 g/mol. The van der Waals surface area contributed by atoms with Gasteiger partial charge in [0.25, 0.3) is 0 Å². The fourth-order valence-corrected chi connectivity index (χ4v) is 3.61. The van der Waals surface area contributed by atoms with Crippen LogP contribution >= 0.6 is 0 Å². The first-order valence-corrected chi connectivity index (χ1v) is 8.76. The van der Waals surface area contributed by atoms with Gasteiger partial charge in [-0.25, -0.2) is 4.98 Å². The van der Waals surface area contributed by atoms with Crippen molar-refractivity contribution in [3.63, 3.8) is 0 Å². The van der Waals surface area contributed by atoms with Gasteiger partial charge in [0.1, 0.15) is 5.82 Å². The Labute approximate surface area is 141 Å². The first-order valence-electron chi connectivity index (χ1n) is 8.76. The summed E-state index contributed by atoms with van der Waals surface area (Å²) in [7, 11) is 0. The molecule has 2 heterocycles. The Morgan fingerprint density at radius 1 is 1.25 bits per heavy atom. The number of pyridine rings is 1. The third kappa shape index (κ3) is 2.79. The van der Waals surface area contributed by atoms with Crippen molar-refractivity contribution in [1.82, 2.24) is 4.98 Å². The van der Waals surface area contributed by atoms with E-state index in [1.807, 2.05) is 6.20 Å². The van der Waals surface area contributed by atoms with E-state index in [0.29, 0.717) is 18.9 Å². The number of fused-ring (bicyclic) bond motifs is 1. The molecule has 1 aromatic heterocycles. The van der Waals surface area contributed by atoms with Crippen molar-refractivity contribution in [3.8, 4) is 0 Å². The Morgan fingerprint density at radius 3 is 2.67 bits per heavy atom. The van der Waals surface area contributed by atoms with Crippen molar-refractivity contribution >= 4 is 28.2 Å². The van der Waals surface area contributed by atoms with Crippen molar-refractivity contribution < 1.29 is 9.90 Å². The van der Waals surface area contributed by atoms with E-state index in [2.05, 4.69) is 40.3 Å². The molecule has 4 rings (SSSR count). The summed E-state index contributed by atoms with van der Waals surface area (Å²) in [5, 5.41) is 15.2. The Kier molecular flexibility index (Phi) is 3.79. The lowest BCUT2D eigenvalue weighted by Gasteiger charge is -2.32. The van der Waals surface area contributed by atoms with Gasteiger partial charge in [-0.05, 0) is 44.2 Å². The zero-order chi connectivity index (χ0) is 16.7. The number of nitrogens with one attached hydrogen (secondary N) is 1. The Morgan fingerprint density at radius 2 is 2.00 bits per heavy atom. The van der Waals surface area contributed by atoms with Gasteiger partial charge in [-0.3, -0.25) is 4.79 Å². The van der Waals surface area contributed by atoms with Crippen LogP contribution in [0.4, 0.5) is 11.5 Å². The third-order valence-electron chi connectivity index (χ3n) is 5.16. The molecule has 0 unspecified atom stereocenters. The highest BCUT2D eigenvalue weighted by molar-refractivity contribution is 6.02. The fourth-order valence-electron chi connectivity index (χ4n) is 3.61. The molecule has 1 saturated carbocycles. The molecule has 0 radical (unpaired) electrons. The number of benzene rings is 1. The lowest BCUT2D eigenvalue weighted by molar-refractivity contribution is -0.142. The summed E-state index contributed by atoms with van der Waals surface area (Å²) in [6.45, 7) is 3.61. The van der Waals surface area contributed by atoms with Crippen LogP contribution in [0.25, 0.3) is 10.8 Å². The zero-order valence-corrected chi connectivity index (χ0v) is 14.0. The molecule has 2 aromatic rings. The van der Waals surface area contributed by atoms with Crippen LogP contribution in [0, 0.1) is 12.8 Å². The summed E-state index contributed by atoms with van der Waals surface area (Å²) in [5.74, 6) is 0.0937. The highest BCUT2D eigenvalue weighted by atomic mass is 16.4. The van der Waals surface area contributed by atoms with Crippen LogP contribution in [0.3, 0.4) is 0 Å². The van der Waals surface area contributed by atoms with E-state index in [0.717, 1.165) is 24.3 Å². The molecule has 2 N–H and O–H groups in total. The Bertz CT molecular complexity index is 778. The molecule has 1 aliphatic heterocycles. The van der Waals surface area contributed by atoms with Gasteiger partial charge in [0.05, 0.1) is 5.92 Å². The number of anilines is 2. The molecule has 0 amide bonds. The average molecular weight is 325 g/mol. The smallest absolute Gasteiger partial charge is 0.306 e. The number of nitrogens with zero attached hydrogens (tertiary/aromatic N) is 2. The van der Waals surface area contributed by atoms with Crippen LogP contribution in [0.5, 0.6) is 0 Å². The minimum Gasteiger partial charge on any atom is -0.481 e.